The maximum atomic E-state index is 5.58. The molecule has 2 rings (SSSR count). The fourth-order valence-corrected chi connectivity index (χ4v) is 1.78. The number of aryl methyl sites for hydroxylation is 1. The molecular weight excluding hydrogens is 208 g/mol. The fraction of sp³-hybridized carbons (Fsp3) is 0.182. The molecule has 78 valence electrons. The highest BCUT2D eigenvalue weighted by atomic mass is 32.1. The quantitative estimate of drug-likeness (QED) is 0.865. The highest BCUT2D eigenvalue weighted by Crippen LogP contribution is 2.18. The van der Waals surface area contributed by atoms with Gasteiger partial charge in [-0.3, -0.25) is 0 Å². The number of benzene rings is 1. The van der Waals surface area contributed by atoms with Gasteiger partial charge in [0.1, 0.15) is 12.4 Å². The Bertz CT molecular complexity index is 436. The van der Waals surface area contributed by atoms with E-state index in [-0.39, 0.29) is 0 Å². The van der Waals surface area contributed by atoms with Crippen molar-refractivity contribution < 1.29 is 4.74 Å². The number of aromatic nitrogens is 1. The highest BCUT2D eigenvalue weighted by molar-refractivity contribution is 7.15. The van der Waals surface area contributed by atoms with Crippen molar-refractivity contribution in [3.8, 4) is 5.75 Å². The van der Waals surface area contributed by atoms with Crippen LogP contribution in [0.3, 0.4) is 0 Å². The van der Waals surface area contributed by atoms with Gasteiger partial charge in [0.05, 0.1) is 4.88 Å². The molecule has 0 saturated heterocycles. The van der Waals surface area contributed by atoms with Crippen LogP contribution in [0.5, 0.6) is 5.75 Å². The molecule has 4 heteroatoms. The molecule has 2 N–H and O–H groups in total. The molecular formula is C11H12N2OS. The molecule has 1 heterocycles. The summed E-state index contributed by atoms with van der Waals surface area (Å²) in [5.74, 6) is 0.868. The van der Waals surface area contributed by atoms with E-state index in [0.29, 0.717) is 11.7 Å². The van der Waals surface area contributed by atoms with Gasteiger partial charge in [0, 0.05) is 6.20 Å². The lowest BCUT2D eigenvalue weighted by Gasteiger charge is -2.03. The molecule has 2 aromatic rings. The second kappa shape index (κ2) is 4.31. The van der Waals surface area contributed by atoms with Gasteiger partial charge in [-0.2, -0.15) is 0 Å². The van der Waals surface area contributed by atoms with Crippen molar-refractivity contribution in [3.05, 3.63) is 40.9 Å². The molecule has 0 aliphatic heterocycles. The standard InChI is InChI=1S/C11H12N2OS/c1-8-2-4-9(5-3-8)14-7-10-6-13-11(12)15-10/h2-6H,7H2,1H3,(H2,12,13). The van der Waals surface area contributed by atoms with Gasteiger partial charge in [-0.05, 0) is 19.1 Å². The zero-order valence-electron chi connectivity index (χ0n) is 8.43. The number of hydrogen-bond acceptors (Lipinski definition) is 4. The highest BCUT2D eigenvalue weighted by Gasteiger charge is 1.99. The van der Waals surface area contributed by atoms with Crippen LogP contribution in [0, 0.1) is 6.92 Å². The van der Waals surface area contributed by atoms with Crippen molar-refractivity contribution >= 4 is 16.5 Å². The predicted molar refractivity (Wildman–Crippen MR) is 62.0 cm³/mol. The first kappa shape index (κ1) is 9.98. The van der Waals surface area contributed by atoms with Crippen LogP contribution in [-0.4, -0.2) is 4.98 Å². The summed E-state index contributed by atoms with van der Waals surface area (Å²) in [6.45, 7) is 2.57. The summed E-state index contributed by atoms with van der Waals surface area (Å²) < 4.78 is 5.58. The molecule has 0 aliphatic carbocycles. The molecule has 0 fully saturated rings. The Morgan fingerprint density at radius 1 is 1.33 bits per heavy atom. The van der Waals surface area contributed by atoms with Crippen molar-refractivity contribution in [2.24, 2.45) is 0 Å². The number of thiazole rings is 1. The minimum Gasteiger partial charge on any atom is -0.488 e. The van der Waals surface area contributed by atoms with Crippen LogP contribution in [0.4, 0.5) is 5.13 Å². The number of nitrogen functional groups attached to an aromatic ring is 1. The van der Waals surface area contributed by atoms with Gasteiger partial charge in [-0.25, -0.2) is 4.98 Å². The average molecular weight is 220 g/mol. The number of ether oxygens (including phenoxy) is 1. The van der Waals surface area contributed by atoms with Crippen LogP contribution < -0.4 is 10.5 Å². The lowest BCUT2D eigenvalue weighted by Crippen LogP contribution is -1.92. The van der Waals surface area contributed by atoms with E-state index in [4.69, 9.17) is 10.5 Å². The van der Waals surface area contributed by atoms with Crippen molar-refractivity contribution in [2.45, 2.75) is 13.5 Å². The van der Waals surface area contributed by atoms with E-state index < -0.39 is 0 Å². The van der Waals surface area contributed by atoms with Gasteiger partial charge in [-0.15, -0.1) is 0 Å². The van der Waals surface area contributed by atoms with Crippen LogP contribution in [-0.2, 0) is 6.61 Å². The van der Waals surface area contributed by atoms with Gasteiger partial charge in [0.25, 0.3) is 0 Å². The average Bonchev–Trinajstić information content (AvgIpc) is 2.64. The van der Waals surface area contributed by atoms with Crippen LogP contribution >= 0.6 is 11.3 Å². The van der Waals surface area contributed by atoms with Crippen molar-refractivity contribution in [1.29, 1.82) is 0 Å². The summed E-state index contributed by atoms with van der Waals surface area (Å²) >= 11 is 1.45. The number of rotatable bonds is 3. The maximum absolute atomic E-state index is 5.58. The summed E-state index contributed by atoms with van der Waals surface area (Å²) in [6.07, 6.45) is 1.74. The molecule has 0 atom stereocenters. The predicted octanol–water partition coefficient (Wildman–Crippen LogP) is 2.61. The van der Waals surface area contributed by atoms with Gasteiger partial charge >= 0.3 is 0 Å². The first-order chi connectivity index (χ1) is 7.24. The van der Waals surface area contributed by atoms with Crippen LogP contribution in [0.25, 0.3) is 0 Å². The van der Waals surface area contributed by atoms with Gasteiger partial charge in [-0.1, -0.05) is 29.0 Å². The molecule has 0 bridgehead atoms. The SMILES string of the molecule is Cc1ccc(OCc2cnc(N)s2)cc1. The molecule has 0 saturated carbocycles. The normalized spacial score (nSPS) is 10.2. The third-order valence-electron chi connectivity index (χ3n) is 1.97. The molecule has 0 unspecified atom stereocenters. The maximum Gasteiger partial charge on any atom is 0.180 e. The smallest absolute Gasteiger partial charge is 0.180 e. The van der Waals surface area contributed by atoms with Crippen molar-refractivity contribution in [2.75, 3.05) is 5.73 Å². The second-order valence-electron chi connectivity index (χ2n) is 3.27. The second-order valence-corrected chi connectivity index (χ2v) is 4.41. The van der Waals surface area contributed by atoms with E-state index in [2.05, 4.69) is 4.98 Å². The lowest BCUT2D eigenvalue weighted by molar-refractivity contribution is 0.309. The topological polar surface area (TPSA) is 48.1 Å². The Balaban J connectivity index is 1.96. The van der Waals surface area contributed by atoms with E-state index >= 15 is 0 Å². The Hall–Kier alpha value is -1.55. The van der Waals surface area contributed by atoms with Gasteiger partial charge in [0.2, 0.25) is 0 Å². The molecule has 3 nitrogen and oxygen atoms in total. The Kier molecular flexibility index (Phi) is 2.87. The van der Waals surface area contributed by atoms with E-state index in [1.165, 1.54) is 16.9 Å². The van der Waals surface area contributed by atoms with E-state index in [1.807, 2.05) is 31.2 Å². The lowest BCUT2D eigenvalue weighted by atomic mass is 10.2. The largest absolute Gasteiger partial charge is 0.488 e. The summed E-state index contributed by atoms with van der Waals surface area (Å²) in [6, 6.07) is 7.96. The fourth-order valence-electron chi connectivity index (χ4n) is 1.18. The Labute approximate surface area is 92.5 Å². The third kappa shape index (κ3) is 2.70. The minimum atomic E-state index is 0.526. The zero-order valence-corrected chi connectivity index (χ0v) is 9.25. The molecule has 1 aromatic heterocycles. The van der Waals surface area contributed by atoms with Crippen LogP contribution in [0.1, 0.15) is 10.4 Å². The van der Waals surface area contributed by atoms with Crippen LogP contribution in [0.2, 0.25) is 0 Å². The number of nitrogens with two attached hydrogens (primary N) is 1. The zero-order chi connectivity index (χ0) is 10.7. The van der Waals surface area contributed by atoms with Gasteiger partial charge < -0.3 is 10.5 Å². The Morgan fingerprint density at radius 3 is 2.67 bits per heavy atom. The first-order valence-electron chi connectivity index (χ1n) is 4.64. The summed E-state index contributed by atoms with van der Waals surface area (Å²) in [4.78, 5) is 4.99. The van der Waals surface area contributed by atoms with E-state index in [0.717, 1.165) is 10.6 Å². The monoisotopic (exact) mass is 220 g/mol. The number of hydrogen-bond donors (Lipinski definition) is 1. The number of nitrogens with zero attached hydrogens (tertiary/aromatic N) is 1. The third-order valence-corrected chi connectivity index (χ3v) is 2.77. The summed E-state index contributed by atoms with van der Waals surface area (Å²) in [5.41, 5.74) is 6.75. The van der Waals surface area contributed by atoms with Crippen molar-refractivity contribution in [3.63, 3.8) is 0 Å². The van der Waals surface area contributed by atoms with Gasteiger partial charge in [0.15, 0.2) is 5.13 Å². The summed E-state index contributed by atoms with van der Waals surface area (Å²) in [7, 11) is 0. The molecule has 0 spiro atoms. The minimum absolute atomic E-state index is 0.526. The molecule has 1 aromatic carbocycles. The molecule has 0 amide bonds. The van der Waals surface area contributed by atoms with E-state index in [9.17, 15) is 0 Å². The van der Waals surface area contributed by atoms with Crippen LogP contribution in [0.15, 0.2) is 30.5 Å². The molecule has 15 heavy (non-hydrogen) atoms. The number of anilines is 1. The molecule has 0 aliphatic rings. The summed E-state index contributed by atoms with van der Waals surface area (Å²) in [5, 5.41) is 0.581. The first-order valence-corrected chi connectivity index (χ1v) is 5.45. The van der Waals surface area contributed by atoms with Crippen molar-refractivity contribution in [1.82, 2.24) is 4.98 Å². The Morgan fingerprint density at radius 2 is 2.07 bits per heavy atom. The van der Waals surface area contributed by atoms with E-state index in [1.54, 1.807) is 6.20 Å². The molecule has 0 radical (unpaired) electrons.